The molecule has 0 saturated carbocycles. The maximum atomic E-state index is 6.12. The van der Waals surface area contributed by atoms with Crippen molar-refractivity contribution in [1.29, 1.82) is 0 Å². The van der Waals surface area contributed by atoms with Crippen LogP contribution in [0.5, 0.6) is 0 Å². The number of hydrogen-bond acceptors (Lipinski definition) is 3. The monoisotopic (exact) mass is 330 g/mol. The fourth-order valence-electron chi connectivity index (χ4n) is 3.71. The van der Waals surface area contributed by atoms with Gasteiger partial charge in [-0.25, -0.2) is 9.97 Å². The van der Waals surface area contributed by atoms with Crippen LogP contribution in [0, 0.1) is 0 Å². The van der Waals surface area contributed by atoms with Crippen LogP contribution in [0.15, 0.2) is 24.5 Å². The molecule has 2 aromatic heterocycles. The second-order valence-corrected chi connectivity index (χ2v) is 6.68. The van der Waals surface area contributed by atoms with Gasteiger partial charge in [-0.1, -0.05) is 11.6 Å². The lowest BCUT2D eigenvalue weighted by atomic mass is 10.2. The zero-order valence-electron chi connectivity index (χ0n) is 13.2. The molecule has 0 spiro atoms. The molecule has 2 atom stereocenters. The SMILES string of the molecule is CC[NH+]1CCC[C@@H]1CNc1ncnc2c1[nH]c1ccc(Cl)cc12. The third-order valence-electron chi connectivity index (χ3n) is 4.94. The van der Waals surface area contributed by atoms with E-state index in [0.29, 0.717) is 6.04 Å². The van der Waals surface area contributed by atoms with Gasteiger partial charge in [0.25, 0.3) is 0 Å². The third-order valence-corrected chi connectivity index (χ3v) is 5.18. The summed E-state index contributed by atoms with van der Waals surface area (Å²) in [6.07, 6.45) is 4.23. The van der Waals surface area contributed by atoms with E-state index in [1.165, 1.54) is 25.9 Å². The van der Waals surface area contributed by atoms with E-state index in [1.807, 2.05) is 18.2 Å². The molecule has 120 valence electrons. The van der Waals surface area contributed by atoms with Gasteiger partial charge < -0.3 is 15.2 Å². The van der Waals surface area contributed by atoms with Gasteiger partial charge in [0.1, 0.15) is 23.4 Å². The van der Waals surface area contributed by atoms with E-state index in [4.69, 9.17) is 11.6 Å². The number of aromatic nitrogens is 3. The van der Waals surface area contributed by atoms with E-state index < -0.39 is 0 Å². The topological polar surface area (TPSA) is 58.0 Å². The van der Waals surface area contributed by atoms with Crippen LogP contribution < -0.4 is 10.2 Å². The minimum Gasteiger partial charge on any atom is -0.362 e. The molecule has 0 amide bonds. The zero-order valence-corrected chi connectivity index (χ0v) is 14.0. The Balaban J connectivity index is 1.66. The second kappa shape index (κ2) is 5.98. The maximum Gasteiger partial charge on any atom is 0.154 e. The molecule has 3 aromatic rings. The second-order valence-electron chi connectivity index (χ2n) is 6.24. The van der Waals surface area contributed by atoms with Gasteiger partial charge in [0.15, 0.2) is 5.82 Å². The average Bonchev–Trinajstić information content (AvgIpc) is 3.16. The van der Waals surface area contributed by atoms with Crippen LogP contribution in [0.1, 0.15) is 19.8 Å². The van der Waals surface area contributed by atoms with E-state index in [-0.39, 0.29) is 0 Å². The molecule has 23 heavy (non-hydrogen) atoms. The summed E-state index contributed by atoms with van der Waals surface area (Å²) in [5.41, 5.74) is 2.92. The molecule has 1 aromatic carbocycles. The van der Waals surface area contributed by atoms with Gasteiger partial charge in [0, 0.05) is 28.8 Å². The van der Waals surface area contributed by atoms with E-state index in [2.05, 4.69) is 27.2 Å². The highest BCUT2D eigenvalue weighted by molar-refractivity contribution is 6.31. The summed E-state index contributed by atoms with van der Waals surface area (Å²) >= 11 is 6.12. The van der Waals surface area contributed by atoms with Crippen molar-refractivity contribution in [2.24, 2.45) is 0 Å². The van der Waals surface area contributed by atoms with Crippen LogP contribution in [-0.4, -0.2) is 40.6 Å². The summed E-state index contributed by atoms with van der Waals surface area (Å²) in [6.45, 7) is 5.69. The number of likely N-dealkylation sites (tertiary alicyclic amines) is 1. The minimum atomic E-state index is 0.670. The number of quaternary nitrogens is 1. The molecule has 1 fully saturated rings. The number of nitrogens with one attached hydrogen (secondary N) is 3. The summed E-state index contributed by atoms with van der Waals surface area (Å²) in [6, 6.07) is 6.50. The Bertz CT molecular complexity index is 843. The van der Waals surface area contributed by atoms with Crippen LogP contribution in [0.4, 0.5) is 5.82 Å². The van der Waals surface area contributed by atoms with Gasteiger partial charge in [-0.05, 0) is 25.1 Å². The Morgan fingerprint density at radius 2 is 2.30 bits per heavy atom. The van der Waals surface area contributed by atoms with Gasteiger partial charge >= 0.3 is 0 Å². The Hall–Kier alpha value is -1.85. The van der Waals surface area contributed by atoms with Gasteiger partial charge in [-0.2, -0.15) is 0 Å². The molecule has 4 rings (SSSR count). The number of aromatic amines is 1. The van der Waals surface area contributed by atoms with Gasteiger partial charge in [0.2, 0.25) is 0 Å². The van der Waals surface area contributed by atoms with Crippen molar-refractivity contribution in [3.05, 3.63) is 29.5 Å². The summed E-state index contributed by atoms with van der Waals surface area (Å²) < 4.78 is 0. The Morgan fingerprint density at radius 1 is 1.39 bits per heavy atom. The first-order chi connectivity index (χ1) is 11.3. The van der Waals surface area contributed by atoms with Crippen LogP contribution in [-0.2, 0) is 0 Å². The summed E-state index contributed by atoms with van der Waals surface area (Å²) in [7, 11) is 0. The smallest absolute Gasteiger partial charge is 0.154 e. The molecule has 1 saturated heterocycles. The van der Waals surface area contributed by atoms with Crippen molar-refractivity contribution in [1.82, 2.24) is 15.0 Å². The standard InChI is InChI=1S/C17H20ClN5/c1-2-23-7-3-4-12(23)9-19-17-16-15(20-10-21-17)13-8-11(18)5-6-14(13)22-16/h5-6,8,10,12,22H,2-4,7,9H2,1H3,(H,19,20,21)/p+1/t12-/m1/s1. The van der Waals surface area contributed by atoms with Crippen molar-refractivity contribution in [3.63, 3.8) is 0 Å². The van der Waals surface area contributed by atoms with Crippen LogP contribution >= 0.6 is 11.6 Å². The predicted molar refractivity (Wildman–Crippen MR) is 94.3 cm³/mol. The van der Waals surface area contributed by atoms with Crippen molar-refractivity contribution < 1.29 is 4.90 Å². The summed E-state index contributed by atoms with van der Waals surface area (Å²) in [5.74, 6) is 0.879. The number of halogens is 1. The van der Waals surface area contributed by atoms with E-state index in [1.54, 1.807) is 11.2 Å². The van der Waals surface area contributed by atoms with Crippen LogP contribution in [0.25, 0.3) is 21.9 Å². The number of likely N-dealkylation sites (N-methyl/N-ethyl adjacent to an activating group) is 1. The van der Waals surface area contributed by atoms with Gasteiger partial charge in [0.05, 0.1) is 19.6 Å². The Morgan fingerprint density at radius 3 is 3.17 bits per heavy atom. The van der Waals surface area contributed by atoms with Gasteiger partial charge in [-0.3, -0.25) is 0 Å². The molecule has 1 aliphatic heterocycles. The lowest BCUT2D eigenvalue weighted by molar-refractivity contribution is -0.908. The normalized spacial score (nSPS) is 21.3. The minimum absolute atomic E-state index is 0.670. The van der Waals surface area contributed by atoms with E-state index >= 15 is 0 Å². The van der Waals surface area contributed by atoms with Crippen molar-refractivity contribution in [2.45, 2.75) is 25.8 Å². The highest BCUT2D eigenvalue weighted by atomic mass is 35.5. The Labute approximate surface area is 140 Å². The predicted octanol–water partition coefficient (Wildman–Crippen LogP) is 2.24. The highest BCUT2D eigenvalue weighted by Gasteiger charge is 2.26. The number of hydrogen-bond donors (Lipinski definition) is 3. The summed E-state index contributed by atoms with van der Waals surface area (Å²) in [5, 5.41) is 5.30. The molecule has 5 nitrogen and oxygen atoms in total. The molecule has 1 aliphatic rings. The molecule has 0 aliphatic carbocycles. The molecule has 6 heteroatoms. The van der Waals surface area contributed by atoms with Crippen LogP contribution in [0.3, 0.4) is 0 Å². The molecule has 3 N–H and O–H groups in total. The highest BCUT2D eigenvalue weighted by Crippen LogP contribution is 2.29. The third kappa shape index (κ3) is 2.64. The lowest BCUT2D eigenvalue weighted by Gasteiger charge is -2.20. The molecule has 0 bridgehead atoms. The number of anilines is 1. The molecule has 0 radical (unpaired) electrons. The van der Waals surface area contributed by atoms with E-state index in [0.717, 1.165) is 39.3 Å². The zero-order chi connectivity index (χ0) is 15.8. The van der Waals surface area contributed by atoms with Crippen molar-refractivity contribution >= 4 is 39.4 Å². The maximum absolute atomic E-state index is 6.12. The van der Waals surface area contributed by atoms with Crippen molar-refractivity contribution in [3.8, 4) is 0 Å². The number of rotatable bonds is 4. The molecule has 3 heterocycles. The van der Waals surface area contributed by atoms with E-state index in [9.17, 15) is 0 Å². The number of benzene rings is 1. The first kappa shape index (κ1) is 14.7. The first-order valence-electron chi connectivity index (χ1n) is 8.26. The molecule has 1 unspecified atom stereocenters. The first-order valence-corrected chi connectivity index (χ1v) is 8.64. The van der Waals surface area contributed by atoms with Crippen LogP contribution in [0.2, 0.25) is 5.02 Å². The fraction of sp³-hybridized carbons (Fsp3) is 0.412. The van der Waals surface area contributed by atoms with Gasteiger partial charge in [-0.15, -0.1) is 0 Å². The van der Waals surface area contributed by atoms with Crippen molar-refractivity contribution in [2.75, 3.05) is 25.0 Å². The largest absolute Gasteiger partial charge is 0.362 e. The average molecular weight is 331 g/mol. The summed E-state index contributed by atoms with van der Waals surface area (Å²) in [4.78, 5) is 14.0. The Kier molecular flexibility index (Phi) is 3.83. The lowest BCUT2D eigenvalue weighted by Crippen LogP contribution is -3.14. The number of H-pyrrole nitrogens is 1. The quantitative estimate of drug-likeness (QED) is 0.687. The number of nitrogens with zero attached hydrogens (tertiary/aromatic N) is 2. The molecular formula is C17H21ClN5+. The fourth-order valence-corrected chi connectivity index (χ4v) is 3.89. The number of fused-ring (bicyclic) bond motifs is 3. The molecular weight excluding hydrogens is 310 g/mol.